The van der Waals surface area contributed by atoms with Gasteiger partial charge in [0, 0.05) is 17.4 Å². The number of halogens is 1. The van der Waals surface area contributed by atoms with E-state index in [4.69, 9.17) is 16.6 Å². The second-order valence-electron chi connectivity index (χ2n) is 6.52. The Balaban J connectivity index is 1.94. The summed E-state index contributed by atoms with van der Waals surface area (Å²) < 4.78 is 1.97. The number of rotatable bonds is 4. The number of hydrogen-bond acceptors (Lipinski definition) is 3. The number of phenolic OH excluding ortho intramolecular Hbond substituents is 1. The number of para-hydroxylation sites is 1. The number of fused-ring (bicyclic) bond motifs is 1. The number of nitrogens with one attached hydrogen (secondary N) is 1. The summed E-state index contributed by atoms with van der Waals surface area (Å²) in [6.45, 7) is 4.24. The minimum absolute atomic E-state index is 0.229. The lowest BCUT2D eigenvalue weighted by Gasteiger charge is -2.15. The highest BCUT2D eigenvalue weighted by Gasteiger charge is 2.16. The highest BCUT2D eigenvalue weighted by molar-refractivity contribution is 6.30. The lowest BCUT2D eigenvalue weighted by Crippen LogP contribution is -2.02. The number of pyridine rings is 1. The lowest BCUT2D eigenvalue weighted by atomic mass is 10.1. The standard InChI is InChI=1S/C22H20ClN3O/c1-3-15-6-4-5-14(2)20(15)25-22-21(16-7-10-18(27)11-8-16)24-19-12-9-17(23)13-26(19)22/h4-13,25,27H,3H2,1-2H3. The number of aromatic nitrogens is 2. The van der Waals surface area contributed by atoms with Gasteiger partial charge in [0.25, 0.3) is 0 Å². The van der Waals surface area contributed by atoms with Gasteiger partial charge in [-0.3, -0.25) is 4.40 Å². The first-order chi connectivity index (χ1) is 13.1. The zero-order chi connectivity index (χ0) is 19.0. The molecule has 2 heterocycles. The van der Waals surface area contributed by atoms with E-state index >= 15 is 0 Å². The van der Waals surface area contributed by atoms with E-state index in [1.807, 2.05) is 34.9 Å². The summed E-state index contributed by atoms with van der Waals surface area (Å²) >= 11 is 6.25. The van der Waals surface area contributed by atoms with Gasteiger partial charge in [-0.15, -0.1) is 0 Å². The van der Waals surface area contributed by atoms with Crippen molar-refractivity contribution in [1.29, 1.82) is 0 Å². The summed E-state index contributed by atoms with van der Waals surface area (Å²) in [6.07, 6.45) is 2.79. The van der Waals surface area contributed by atoms with Crippen molar-refractivity contribution >= 4 is 28.8 Å². The van der Waals surface area contributed by atoms with Gasteiger partial charge in [0.05, 0.1) is 5.02 Å². The van der Waals surface area contributed by atoms with Crippen LogP contribution in [0, 0.1) is 6.92 Å². The zero-order valence-electron chi connectivity index (χ0n) is 15.2. The van der Waals surface area contributed by atoms with E-state index in [1.54, 1.807) is 12.1 Å². The second-order valence-corrected chi connectivity index (χ2v) is 6.96. The van der Waals surface area contributed by atoms with Gasteiger partial charge in [-0.05, 0) is 60.9 Å². The molecule has 0 saturated heterocycles. The van der Waals surface area contributed by atoms with Crippen molar-refractivity contribution in [3.8, 4) is 17.0 Å². The molecule has 0 atom stereocenters. The molecule has 27 heavy (non-hydrogen) atoms. The minimum Gasteiger partial charge on any atom is -0.508 e. The molecule has 2 aromatic heterocycles. The van der Waals surface area contributed by atoms with Gasteiger partial charge in [0.15, 0.2) is 0 Å². The van der Waals surface area contributed by atoms with E-state index in [2.05, 4.69) is 37.4 Å². The van der Waals surface area contributed by atoms with Gasteiger partial charge in [0.1, 0.15) is 22.9 Å². The minimum atomic E-state index is 0.229. The molecule has 0 saturated carbocycles. The summed E-state index contributed by atoms with van der Waals surface area (Å²) in [7, 11) is 0. The Hall–Kier alpha value is -2.98. The molecule has 136 valence electrons. The third-order valence-corrected chi connectivity index (χ3v) is 4.93. The summed E-state index contributed by atoms with van der Waals surface area (Å²) in [6, 6.07) is 17.1. The van der Waals surface area contributed by atoms with Crippen LogP contribution in [0.4, 0.5) is 11.5 Å². The number of aryl methyl sites for hydroxylation is 2. The molecule has 2 N–H and O–H groups in total. The fourth-order valence-electron chi connectivity index (χ4n) is 3.28. The molecule has 0 amide bonds. The van der Waals surface area contributed by atoms with Gasteiger partial charge >= 0.3 is 0 Å². The topological polar surface area (TPSA) is 49.6 Å². The quantitative estimate of drug-likeness (QED) is 0.460. The van der Waals surface area contributed by atoms with E-state index in [1.165, 1.54) is 11.1 Å². The van der Waals surface area contributed by atoms with Crippen LogP contribution in [0.2, 0.25) is 5.02 Å². The molecule has 0 fully saturated rings. The molecule has 0 bridgehead atoms. The average molecular weight is 378 g/mol. The SMILES string of the molecule is CCc1cccc(C)c1Nc1c(-c2ccc(O)cc2)nc2ccc(Cl)cn12. The molecular weight excluding hydrogens is 358 g/mol. The second kappa shape index (κ2) is 6.97. The average Bonchev–Trinajstić information content (AvgIpc) is 3.01. The first kappa shape index (κ1) is 17.4. The molecule has 0 spiro atoms. The molecule has 0 aliphatic rings. The molecule has 2 aromatic carbocycles. The van der Waals surface area contributed by atoms with Gasteiger partial charge in [-0.25, -0.2) is 4.98 Å². The molecule has 0 aliphatic carbocycles. The summed E-state index contributed by atoms with van der Waals surface area (Å²) in [4.78, 5) is 4.80. The van der Waals surface area contributed by atoms with Gasteiger partial charge in [-0.1, -0.05) is 36.7 Å². The van der Waals surface area contributed by atoms with Crippen molar-refractivity contribution < 1.29 is 5.11 Å². The van der Waals surface area contributed by atoms with E-state index in [0.717, 1.165) is 34.8 Å². The van der Waals surface area contributed by atoms with Crippen molar-refractivity contribution in [2.45, 2.75) is 20.3 Å². The molecule has 5 heteroatoms. The largest absolute Gasteiger partial charge is 0.508 e. The first-order valence-corrected chi connectivity index (χ1v) is 9.27. The van der Waals surface area contributed by atoms with Crippen molar-refractivity contribution in [1.82, 2.24) is 9.38 Å². The molecule has 4 aromatic rings. The van der Waals surface area contributed by atoms with Crippen molar-refractivity contribution in [3.05, 3.63) is 76.9 Å². The van der Waals surface area contributed by atoms with Gasteiger partial charge in [0.2, 0.25) is 0 Å². The number of imidazole rings is 1. The number of aromatic hydroxyl groups is 1. The first-order valence-electron chi connectivity index (χ1n) is 8.89. The third kappa shape index (κ3) is 3.24. The number of nitrogens with zero attached hydrogens (tertiary/aromatic N) is 2. The Morgan fingerprint density at radius 1 is 1.07 bits per heavy atom. The highest BCUT2D eigenvalue weighted by atomic mass is 35.5. The van der Waals surface area contributed by atoms with Gasteiger partial charge < -0.3 is 10.4 Å². The normalized spacial score (nSPS) is 11.1. The fourth-order valence-corrected chi connectivity index (χ4v) is 3.44. The van der Waals surface area contributed by atoms with Crippen LogP contribution in [0.15, 0.2) is 60.8 Å². The highest BCUT2D eigenvalue weighted by Crippen LogP contribution is 2.34. The Labute approximate surface area is 163 Å². The smallest absolute Gasteiger partial charge is 0.143 e. The predicted octanol–water partition coefficient (Wildman–Crippen LogP) is 5.97. The van der Waals surface area contributed by atoms with Crippen LogP contribution in [0.5, 0.6) is 5.75 Å². The number of benzene rings is 2. The maximum Gasteiger partial charge on any atom is 0.143 e. The van der Waals surface area contributed by atoms with E-state index in [-0.39, 0.29) is 5.75 Å². The third-order valence-electron chi connectivity index (χ3n) is 4.71. The summed E-state index contributed by atoms with van der Waals surface area (Å²) in [5.41, 5.74) is 6.02. The zero-order valence-corrected chi connectivity index (χ0v) is 16.0. The fraction of sp³-hybridized carbons (Fsp3) is 0.136. The maximum atomic E-state index is 9.63. The lowest BCUT2D eigenvalue weighted by molar-refractivity contribution is 0.475. The van der Waals surface area contributed by atoms with Gasteiger partial charge in [-0.2, -0.15) is 0 Å². The van der Waals surface area contributed by atoms with E-state index in [9.17, 15) is 5.11 Å². The number of anilines is 2. The maximum absolute atomic E-state index is 9.63. The molecule has 0 radical (unpaired) electrons. The molecule has 0 aliphatic heterocycles. The van der Waals surface area contributed by atoms with Crippen molar-refractivity contribution in [3.63, 3.8) is 0 Å². The van der Waals surface area contributed by atoms with Crippen LogP contribution < -0.4 is 5.32 Å². The van der Waals surface area contributed by atoms with Crippen molar-refractivity contribution in [2.75, 3.05) is 5.32 Å². The van der Waals surface area contributed by atoms with E-state index < -0.39 is 0 Å². The van der Waals surface area contributed by atoms with Crippen LogP contribution in [0.25, 0.3) is 16.9 Å². The van der Waals surface area contributed by atoms with Crippen molar-refractivity contribution in [2.24, 2.45) is 0 Å². The van der Waals surface area contributed by atoms with E-state index in [0.29, 0.717) is 5.02 Å². The van der Waals surface area contributed by atoms with Crippen LogP contribution >= 0.6 is 11.6 Å². The molecule has 0 unspecified atom stereocenters. The number of phenols is 1. The molecule has 4 nitrogen and oxygen atoms in total. The Bertz CT molecular complexity index is 1120. The Morgan fingerprint density at radius 3 is 2.59 bits per heavy atom. The Kier molecular flexibility index (Phi) is 4.50. The summed E-state index contributed by atoms with van der Waals surface area (Å²) in [5.74, 6) is 1.08. The van der Waals surface area contributed by atoms with Crippen LogP contribution in [0.1, 0.15) is 18.1 Å². The van der Waals surface area contributed by atoms with Crippen LogP contribution in [-0.4, -0.2) is 14.5 Å². The predicted molar refractivity (Wildman–Crippen MR) is 111 cm³/mol. The van der Waals surface area contributed by atoms with Crippen LogP contribution in [0.3, 0.4) is 0 Å². The van der Waals surface area contributed by atoms with Crippen LogP contribution in [-0.2, 0) is 6.42 Å². The summed E-state index contributed by atoms with van der Waals surface area (Å²) in [5, 5.41) is 13.9. The number of hydrogen-bond donors (Lipinski definition) is 2. The molecule has 4 rings (SSSR count). The molecular formula is C22H20ClN3O. The Morgan fingerprint density at radius 2 is 1.85 bits per heavy atom. The monoisotopic (exact) mass is 377 g/mol.